The fourth-order valence-corrected chi connectivity index (χ4v) is 8.28. The Balaban J connectivity index is 1.17. The second-order valence-corrected chi connectivity index (χ2v) is 14.3. The number of hydrogen-bond acceptors (Lipinski definition) is 5. The summed E-state index contributed by atoms with van der Waals surface area (Å²) in [6.07, 6.45) is 11.8. The smallest absolute Gasteiger partial charge is 0.256 e. The van der Waals surface area contributed by atoms with Crippen LogP contribution in [-0.2, 0) is 11.2 Å². The molecule has 248 valence electrons. The van der Waals surface area contributed by atoms with E-state index < -0.39 is 5.82 Å². The second kappa shape index (κ2) is 13.4. The highest BCUT2D eigenvalue weighted by Crippen LogP contribution is 2.40. The third-order valence-corrected chi connectivity index (χ3v) is 11.2. The van der Waals surface area contributed by atoms with Gasteiger partial charge < -0.3 is 14.4 Å². The zero-order valence-electron chi connectivity index (χ0n) is 28.5. The predicted molar refractivity (Wildman–Crippen MR) is 181 cm³/mol. The lowest BCUT2D eigenvalue weighted by Gasteiger charge is -2.50. The quantitative estimate of drug-likeness (QED) is 0.311. The molecular weight excluding hydrogens is 579 g/mol. The lowest BCUT2D eigenvalue weighted by Crippen LogP contribution is -2.57. The van der Waals surface area contributed by atoms with Gasteiger partial charge in [-0.25, -0.2) is 4.39 Å². The summed E-state index contributed by atoms with van der Waals surface area (Å²) in [6.45, 7) is 16.0. The molecule has 0 N–H and O–H groups in total. The number of aromatic nitrogens is 2. The summed E-state index contributed by atoms with van der Waals surface area (Å²) >= 11 is 0. The van der Waals surface area contributed by atoms with Crippen LogP contribution in [0.15, 0.2) is 36.8 Å². The molecule has 1 unspecified atom stereocenters. The first-order chi connectivity index (χ1) is 22.0. The Morgan fingerprint density at radius 1 is 1.09 bits per heavy atom. The zero-order valence-corrected chi connectivity index (χ0v) is 28.5. The molecule has 2 atom stereocenters. The molecule has 3 aliphatic rings. The average molecular weight is 631 g/mol. The van der Waals surface area contributed by atoms with Crippen molar-refractivity contribution in [1.82, 2.24) is 29.2 Å². The summed E-state index contributed by atoms with van der Waals surface area (Å²) in [5.74, 6) is 0.884. The van der Waals surface area contributed by atoms with E-state index in [9.17, 15) is 14.0 Å². The van der Waals surface area contributed by atoms with Crippen molar-refractivity contribution in [2.45, 2.75) is 84.8 Å². The van der Waals surface area contributed by atoms with Gasteiger partial charge in [-0.15, -0.1) is 0 Å². The normalized spacial score (nSPS) is 23.2. The second-order valence-electron chi connectivity index (χ2n) is 14.3. The van der Waals surface area contributed by atoms with E-state index in [1.807, 2.05) is 31.1 Å². The van der Waals surface area contributed by atoms with Crippen molar-refractivity contribution in [3.63, 3.8) is 0 Å². The number of rotatable bonds is 9. The number of hydrogen-bond donors (Lipinski definition) is 0. The van der Waals surface area contributed by atoms with Gasteiger partial charge >= 0.3 is 0 Å². The molecule has 2 amide bonds. The molecular formula is C37H51FN6O2. The van der Waals surface area contributed by atoms with Crippen molar-refractivity contribution in [1.29, 1.82) is 0 Å². The maximum Gasteiger partial charge on any atom is 0.256 e. The minimum atomic E-state index is -0.417. The van der Waals surface area contributed by atoms with E-state index in [0.29, 0.717) is 29.3 Å². The van der Waals surface area contributed by atoms with Gasteiger partial charge in [-0.3, -0.25) is 24.4 Å². The summed E-state index contributed by atoms with van der Waals surface area (Å²) in [5.41, 5.74) is 4.38. The van der Waals surface area contributed by atoms with Crippen molar-refractivity contribution in [3.05, 3.63) is 59.3 Å². The zero-order chi connectivity index (χ0) is 32.7. The number of piperazine rings is 1. The number of likely N-dealkylation sites (tertiary alicyclic amines) is 1. The molecule has 1 saturated carbocycles. The van der Waals surface area contributed by atoms with Gasteiger partial charge in [-0.1, -0.05) is 6.92 Å². The van der Waals surface area contributed by atoms with Crippen LogP contribution in [0.5, 0.6) is 0 Å². The Hall–Kier alpha value is -3.30. The lowest BCUT2D eigenvalue weighted by molar-refractivity contribution is -0.131. The van der Waals surface area contributed by atoms with Crippen LogP contribution in [0.2, 0.25) is 0 Å². The van der Waals surface area contributed by atoms with Crippen molar-refractivity contribution in [2.24, 2.45) is 11.8 Å². The average Bonchev–Trinajstić information content (AvgIpc) is 3.63. The summed E-state index contributed by atoms with van der Waals surface area (Å²) < 4.78 is 16.6. The van der Waals surface area contributed by atoms with Gasteiger partial charge in [-0.05, 0) is 101 Å². The molecule has 1 aliphatic carbocycles. The van der Waals surface area contributed by atoms with Crippen molar-refractivity contribution in [2.75, 3.05) is 46.3 Å². The van der Waals surface area contributed by atoms with E-state index in [-0.39, 0.29) is 17.9 Å². The molecule has 2 aliphatic heterocycles. The fourth-order valence-electron chi connectivity index (χ4n) is 8.28. The van der Waals surface area contributed by atoms with Crippen LogP contribution in [0, 0.1) is 24.6 Å². The molecule has 2 aromatic heterocycles. The maximum atomic E-state index is 14.5. The predicted octanol–water partition coefficient (Wildman–Crippen LogP) is 5.54. The molecule has 4 heterocycles. The van der Waals surface area contributed by atoms with Gasteiger partial charge in [-0.2, -0.15) is 0 Å². The maximum absolute atomic E-state index is 14.5. The number of carbonyl (C=O) groups is 2. The largest absolute Gasteiger partial charge is 0.340 e. The molecule has 2 saturated heterocycles. The Bertz CT molecular complexity index is 1570. The van der Waals surface area contributed by atoms with Crippen LogP contribution in [0.1, 0.15) is 74.9 Å². The summed E-state index contributed by atoms with van der Waals surface area (Å²) in [6, 6.07) is 5.81. The Kier molecular flexibility index (Phi) is 9.53. The molecule has 6 rings (SSSR count). The van der Waals surface area contributed by atoms with E-state index in [4.69, 9.17) is 0 Å². The van der Waals surface area contributed by atoms with E-state index in [1.165, 1.54) is 48.8 Å². The van der Waals surface area contributed by atoms with Gasteiger partial charge in [0.2, 0.25) is 5.91 Å². The molecule has 3 fully saturated rings. The summed E-state index contributed by atoms with van der Waals surface area (Å²) in [4.78, 5) is 38.7. The third-order valence-electron chi connectivity index (χ3n) is 11.2. The third kappa shape index (κ3) is 6.33. The van der Waals surface area contributed by atoms with Crippen LogP contribution >= 0.6 is 0 Å². The summed E-state index contributed by atoms with van der Waals surface area (Å²) in [5, 5.41) is 1.19. The first kappa shape index (κ1) is 32.6. The Morgan fingerprint density at radius 3 is 2.50 bits per heavy atom. The number of halogens is 1. The molecule has 0 spiro atoms. The van der Waals surface area contributed by atoms with E-state index in [0.717, 1.165) is 62.7 Å². The molecule has 8 nitrogen and oxygen atoms in total. The van der Waals surface area contributed by atoms with Gasteiger partial charge in [0.15, 0.2) is 0 Å². The molecule has 0 bridgehead atoms. The van der Waals surface area contributed by atoms with Gasteiger partial charge in [0.25, 0.3) is 5.91 Å². The van der Waals surface area contributed by atoms with Gasteiger partial charge in [0.05, 0.1) is 23.0 Å². The van der Waals surface area contributed by atoms with Crippen LogP contribution < -0.4 is 0 Å². The van der Waals surface area contributed by atoms with Crippen molar-refractivity contribution >= 4 is 22.7 Å². The van der Waals surface area contributed by atoms with Gasteiger partial charge in [0, 0.05) is 82.6 Å². The lowest BCUT2D eigenvalue weighted by atomic mass is 9.73. The topological polar surface area (TPSA) is 64.9 Å². The van der Waals surface area contributed by atoms with Crippen LogP contribution in [0.4, 0.5) is 4.39 Å². The molecule has 3 aromatic rings. The monoisotopic (exact) mass is 630 g/mol. The van der Waals surface area contributed by atoms with Crippen LogP contribution in [0.25, 0.3) is 16.6 Å². The standard InChI is InChI=1S/C37H51FN6O2/c1-7-33(28-17-31(18-28)42-14-12-41(13-15-42)26(5)45)43-11-10-27(22-43)16-29-23-44(35-21-39-20-25(4)36(29)35)34-9-8-30(38)19-32(34)37(46)40(6)24(2)3/h8-9,19-21,23-24,27-28,31,33H,7,10-18,22H2,1-6H3/t27-,28?,31?,33?/m1/s1. The van der Waals surface area contributed by atoms with E-state index >= 15 is 0 Å². The highest BCUT2D eigenvalue weighted by Gasteiger charge is 2.42. The summed E-state index contributed by atoms with van der Waals surface area (Å²) in [7, 11) is 1.77. The number of amides is 2. The SMILES string of the molecule is CCC(C1CC(N2CCN(C(C)=O)CC2)C1)N1CC[C@H](Cc2cn(-c3ccc(F)cc3C(=O)N(C)C(C)C)c3cncc(C)c23)C1. The molecule has 1 aromatic carbocycles. The minimum absolute atomic E-state index is 0.00366. The number of fused-ring (bicyclic) bond motifs is 1. The van der Waals surface area contributed by atoms with Crippen LogP contribution in [0.3, 0.4) is 0 Å². The fraction of sp³-hybridized carbons (Fsp3) is 0.595. The van der Waals surface area contributed by atoms with Gasteiger partial charge in [0.1, 0.15) is 5.82 Å². The minimum Gasteiger partial charge on any atom is -0.340 e. The van der Waals surface area contributed by atoms with E-state index in [2.05, 4.69) is 39.4 Å². The number of pyridine rings is 1. The first-order valence-electron chi connectivity index (χ1n) is 17.3. The molecule has 9 heteroatoms. The number of aryl methyl sites for hydroxylation is 1. The molecule has 0 radical (unpaired) electrons. The van der Waals surface area contributed by atoms with Crippen molar-refractivity contribution in [3.8, 4) is 5.69 Å². The van der Waals surface area contributed by atoms with E-state index in [1.54, 1.807) is 24.9 Å². The van der Waals surface area contributed by atoms with Crippen molar-refractivity contribution < 1.29 is 14.0 Å². The highest BCUT2D eigenvalue weighted by atomic mass is 19.1. The Labute approximate surface area is 273 Å². The molecule has 46 heavy (non-hydrogen) atoms. The Morgan fingerprint density at radius 2 is 1.83 bits per heavy atom. The van der Waals surface area contributed by atoms with Crippen LogP contribution in [-0.4, -0.2) is 105 Å². The number of carbonyl (C=O) groups excluding carboxylic acids is 2. The number of benzene rings is 1. The number of nitrogens with zero attached hydrogens (tertiary/aromatic N) is 6. The first-order valence-corrected chi connectivity index (χ1v) is 17.3. The highest BCUT2D eigenvalue weighted by molar-refractivity contribution is 5.99.